The molecule has 1 saturated carbocycles. The second-order valence-corrected chi connectivity index (χ2v) is 5.81. The van der Waals surface area contributed by atoms with Crippen molar-refractivity contribution in [2.45, 2.75) is 43.9 Å². The lowest BCUT2D eigenvalue weighted by Crippen LogP contribution is -2.55. The second kappa shape index (κ2) is 5.82. The van der Waals surface area contributed by atoms with E-state index in [4.69, 9.17) is 4.74 Å². The fourth-order valence-electron chi connectivity index (χ4n) is 2.53. The Bertz CT molecular complexity index is 393. The Kier molecular flexibility index (Phi) is 4.37. The summed E-state index contributed by atoms with van der Waals surface area (Å²) in [4.78, 5) is 12.7. The van der Waals surface area contributed by atoms with Crippen LogP contribution in [-0.2, 0) is 16.1 Å². The highest BCUT2D eigenvalue weighted by molar-refractivity contribution is 7.09. The Morgan fingerprint density at radius 2 is 2.56 bits per heavy atom. The zero-order valence-corrected chi connectivity index (χ0v) is 11.3. The monoisotopic (exact) mass is 269 g/mol. The van der Waals surface area contributed by atoms with Crippen LogP contribution in [0.25, 0.3) is 0 Å². The zero-order chi connectivity index (χ0) is 13.0. The number of methoxy groups -OCH3 is 1. The fraction of sp³-hybridized carbons (Fsp3) is 0.615. The third-order valence-corrected chi connectivity index (χ3v) is 4.51. The summed E-state index contributed by atoms with van der Waals surface area (Å²) in [6.07, 6.45) is 3.11. The predicted molar refractivity (Wildman–Crippen MR) is 70.8 cm³/mol. The topological polar surface area (TPSA) is 58.6 Å². The predicted octanol–water partition coefficient (Wildman–Crippen LogP) is 2.25. The van der Waals surface area contributed by atoms with Gasteiger partial charge < -0.3 is 9.84 Å². The van der Waals surface area contributed by atoms with E-state index in [2.05, 4.69) is 5.32 Å². The first-order valence-corrected chi connectivity index (χ1v) is 7.08. The van der Waals surface area contributed by atoms with Gasteiger partial charge in [0.25, 0.3) is 0 Å². The van der Waals surface area contributed by atoms with Crippen molar-refractivity contribution in [1.82, 2.24) is 5.32 Å². The molecule has 2 atom stereocenters. The molecule has 0 saturated heterocycles. The minimum Gasteiger partial charge on any atom is -0.480 e. The molecule has 0 spiro atoms. The number of carbonyl (C=O) groups is 1. The van der Waals surface area contributed by atoms with Crippen molar-refractivity contribution in [2.75, 3.05) is 7.11 Å². The lowest BCUT2D eigenvalue weighted by Gasteiger charge is -2.37. The number of thiophene rings is 1. The lowest BCUT2D eigenvalue weighted by molar-refractivity contribution is -0.148. The van der Waals surface area contributed by atoms with E-state index in [1.807, 2.05) is 17.5 Å². The second-order valence-electron chi connectivity index (χ2n) is 4.77. The van der Waals surface area contributed by atoms with Crippen LogP contribution >= 0.6 is 11.3 Å². The number of carboxylic acids is 1. The van der Waals surface area contributed by atoms with Crippen molar-refractivity contribution in [1.29, 1.82) is 0 Å². The van der Waals surface area contributed by atoms with Gasteiger partial charge in [0.15, 0.2) is 0 Å². The average molecular weight is 269 g/mol. The molecule has 0 aromatic carbocycles. The van der Waals surface area contributed by atoms with Gasteiger partial charge in [-0.1, -0.05) is 6.07 Å². The third-order valence-electron chi connectivity index (χ3n) is 3.63. The van der Waals surface area contributed by atoms with Gasteiger partial charge in [-0.15, -0.1) is 11.3 Å². The summed E-state index contributed by atoms with van der Waals surface area (Å²) < 4.78 is 5.33. The summed E-state index contributed by atoms with van der Waals surface area (Å²) in [6, 6.07) is 4.00. The number of carboxylic acid groups (broad SMARTS) is 1. The van der Waals surface area contributed by atoms with Crippen molar-refractivity contribution in [3.8, 4) is 0 Å². The molecule has 1 heterocycles. The Hall–Kier alpha value is -0.910. The molecule has 1 aromatic rings. The highest BCUT2D eigenvalue weighted by Crippen LogP contribution is 2.31. The quantitative estimate of drug-likeness (QED) is 0.860. The Labute approximate surface area is 111 Å². The van der Waals surface area contributed by atoms with E-state index < -0.39 is 11.5 Å². The minimum atomic E-state index is -0.830. The van der Waals surface area contributed by atoms with Crippen molar-refractivity contribution >= 4 is 17.3 Å². The first-order valence-electron chi connectivity index (χ1n) is 6.20. The number of hydrogen-bond donors (Lipinski definition) is 2. The van der Waals surface area contributed by atoms with Gasteiger partial charge in [-0.05, 0) is 30.7 Å². The van der Waals surface area contributed by atoms with Crippen LogP contribution in [0.3, 0.4) is 0 Å². The van der Waals surface area contributed by atoms with Crippen LogP contribution in [0.4, 0.5) is 0 Å². The third kappa shape index (κ3) is 2.91. The smallest absolute Gasteiger partial charge is 0.324 e. The summed E-state index contributed by atoms with van der Waals surface area (Å²) in [5.74, 6) is -0.763. The van der Waals surface area contributed by atoms with Crippen LogP contribution in [0.5, 0.6) is 0 Å². The van der Waals surface area contributed by atoms with Crippen molar-refractivity contribution < 1.29 is 14.6 Å². The highest BCUT2D eigenvalue weighted by Gasteiger charge is 2.42. The number of rotatable bonds is 5. The number of hydrogen-bond acceptors (Lipinski definition) is 4. The Morgan fingerprint density at radius 3 is 3.17 bits per heavy atom. The molecule has 1 aliphatic rings. The van der Waals surface area contributed by atoms with E-state index in [0.29, 0.717) is 19.4 Å². The van der Waals surface area contributed by atoms with Gasteiger partial charge in [-0.2, -0.15) is 0 Å². The molecule has 5 heteroatoms. The maximum Gasteiger partial charge on any atom is 0.324 e. The highest BCUT2D eigenvalue weighted by atomic mass is 32.1. The molecular weight excluding hydrogens is 250 g/mol. The van der Waals surface area contributed by atoms with E-state index in [1.54, 1.807) is 18.4 Å². The van der Waals surface area contributed by atoms with Gasteiger partial charge in [0.05, 0.1) is 6.10 Å². The minimum absolute atomic E-state index is 0.0469. The van der Waals surface area contributed by atoms with Gasteiger partial charge in [0.2, 0.25) is 0 Å². The first-order chi connectivity index (χ1) is 8.66. The van der Waals surface area contributed by atoms with Gasteiger partial charge in [0, 0.05) is 25.0 Å². The van der Waals surface area contributed by atoms with Crippen LogP contribution in [0.15, 0.2) is 17.5 Å². The number of ether oxygens (including phenoxy) is 1. The van der Waals surface area contributed by atoms with E-state index in [9.17, 15) is 9.90 Å². The molecule has 1 aliphatic carbocycles. The van der Waals surface area contributed by atoms with E-state index >= 15 is 0 Å². The van der Waals surface area contributed by atoms with Crippen LogP contribution in [0, 0.1) is 0 Å². The van der Waals surface area contributed by atoms with Gasteiger partial charge in [-0.3, -0.25) is 10.1 Å². The maximum atomic E-state index is 11.6. The molecule has 2 N–H and O–H groups in total. The van der Waals surface area contributed by atoms with Gasteiger partial charge in [-0.25, -0.2) is 0 Å². The van der Waals surface area contributed by atoms with Crippen molar-refractivity contribution in [3.63, 3.8) is 0 Å². The molecule has 0 aliphatic heterocycles. The lowest BCUT2D eigenvalue weighted by atomic mass is 9.80. The molecule has 0 radical (unpaired) electrons. The molecule has 2 unspecified atom stereocenters. The van der Waals surface area contributed by atoms with Gasteiger partial charge in [0.1, 0.15) is 5.54 Å². The summed E-state index contributed by atoms with van der Waals surface area (Å²) in [6.45, 7) is 0.612. The Morgan fingerprint density at radius 1 is 1.72 bits per heavy atom. The molecule has 0 amide bonds. The van der Waals surface area contributed by atoms with E-state index in [1.165, 1.54) is 0 Å². The van der Waals surface area contributed by atoms with Crippen LogP contribution < -0.4 is 5.32 Å². The van der Waals surface area contributed by atoms with Crippen molar-refractivity contribution in [2.24, 2.45) is 0 Å². The van der Waals surface area contributed by atoms with E-state index in [-0.39, 0.29) is 6.10 Å². The Balaban J connectivity index is 2.04. The average Bonchev–Trinajstić information content (AvgIpc) is 2.89. The molecule has 0 bridgehead atoms. The number of nitrogens with one attached hydrogen (secondary N) is 1. The van der Waals surface area contributed by atoms with Crippen molar-refractivity contribution in [3.05, 3.63) is 22.4 Å². The summed E-state index contributed by atoms with van der Waals surface area (Å²) >= 11 is 1.64. The summed E-state index contributed by atoms with van der Waals surface area (Å²) in [5.41, 5.74) is -0.830. The standard InChI is InChI=1S/C13H19NO3S/c1-17-10-4-2-6-13(8-10,12(15)16)14-9-11-5-3-7-18-11/h3,5,7,10,14H,2,4,6,8-9H2,1H3,(H,15,16). The van der Waals surface area contributed by atoms with Crippen LogP contribution in [0.1, 0.15) is 30.6 Å². The molecule has 1 aromatic heterocycles. The zero-order valence-electron chi connectivity index (χ0n) is 10.5. The number of aliphatic carboxylic acids is 1. The maximum absolute atomic E-state index is 11.6. The molecule has 100 valence electrons. The summed E-state index contributed by atoms with van der Waals surface area (Å²) in [7, 11) is 1.65. The fourth-order valence-corrected chi connectivity index (χ4v) is 3.17. The van der Waals surface area contributed by atoms with Crippen LogP contribution in [-0.4, -0.2) is 29.8 Å². The molecular formula is C13H19NO3S. The molecule has 18 heavy (non-hydrogen) atoms. The normalized spacial score (nSPS) is 28.2. The summed E-state index contributed by atoms with van der Waals surface area (Å²) in [5, 5.41) is 14.8. The molecule has 4 nitrogen and oxygen atoms in total. The SMILES string of the molecule is COC1CCCC(NCc2cccs2)(C(=O)O)C1. The first kappa shape index (κ1) is 13.5. The van der Waals surface area contributed by atoms with Gasteiger partial charge >= 0.3 is 5.97 Å². The largest absolute Gasteiger partial charge is 0.480 e. The van der Waals surface area contributed by atoms with E-state index in [0.717, 1.165) is 17.7 Å². The van der Waals surface area contributed by atoms with Crippen LogP contribution in [0.2, 0.25) is 0 Å². The molecule has 2 rings (SSSR count). The molecule has 1 fully saturated rings.